The Hall–Kier alpha value is -1.50. The molecular weight excluding hydrogens is 303 g/mol. The molecule has 108 valence electrons. The van der Waals surface area contributed by atoms with Crippen LogP contribution in [0, 0.1) is 22.7 Å². The summed E-state index contributed by atoms with van der Waals surface area (Å²) >= 11 is 10.5. The lowest BCUT2D eigenvalue weighted by atomic mass is 10.1. The first kappa shape index (κ1) is 18.5. The third-order valence-corrected chi connectivity index (χ3v) is 2.77. The van der Waals surface area contributed by atoms with Gasteiger partial charge in [-0.1, -0.05) is 0 Å². The van der Waals surface area contributed by atoms with Gasteiger partial charge in [-0.25, -0.2) is 0 Å². The van der Waals surface area contributed by atoms with Crippen LogP contribution in [0.3, 0.4) is 0 Å². The van der Waals surface area contributed by atoms with E-state index in [1.165, 1.54) is 0 Å². The lowest BCUT2D eigenvalue weighted by Crippen LogP contribution is -2.09. The molecule has 0 N–H and O–H groups in total. The molecule has 0 saturated carbocycles. The third kappa shape index (κ3) is 10.4. The highest BCUT2D eigenvalue weighted by atomic mass is 35.5. The highest BCUT2D eigenvalue weighted by Crippen LogP contribution is 2.13. The molecule has 0 aromatic rings. The summed E-state index contributed by atoms with van der Waals surface area (Å²) in [5.41, 5.74) is 0. The SMILES string of the molecule is N#CCC(CCC(=O)Cl)N=NC(CC#N)CCC(=O)Cl. The van der Waals surface area contributed by atoms with Crippen molar-refractivity contribution in [3.05, 3.63) is 0 Å². The maximum absolute atomic E-state index is 10.7. The molecule has 0 fully saturated rings. The van der Waals surface area contributed by atoms with Crippen molar-refractivity contribution < 1.29 is 9.59 Å². The first-order valence-corrected chi connectivity index (χ1v) is 6.75. The van der Waals surface area contributed by atoms with E-state index < -0.39 is 22.6 Å². The quantitative estimate of drug-likeness (QED) is 0.455. The van der Waals surface area contributed by atoms with Crippen LogP contribution in [0.5, 0.6) is 0 Å². The van der Waals surface area contributed by atoms with E-state index in [-0.39, 0.29) is 25.7 Å². The molecule has 0 amide bonds. The van der Waals surface area contributed by atoms with Crippen LogP contribution in [0.15, 0.2) is 10.2 Å². The fourth-order valence-corrected chi connectivity index (χ4v) is 1.58. The van der Waals surface area contributed by atoms with Gasteiger partial charge >= 0.3 is 0 Å². The van der Waals surface area contributed by atoms with Gasteiger partial charge in [-0.3, -0.25) is 9.59 Å². The van der Waals surface area contributed by atoms with E-state index in [0.29, 0.717) is 12.8 Å². The zero-order chi connectivity index (χ0) is 15.4. The Morgan fingerprint density at radius 1 is 0.900 bits per heavy atom. The minimum absolute atomic E-state index is 0.107. The largest absolute Gasteiger partial charge is 0.281 e. The molecule has 6 nitrogen and oxygen atoms in total. The summed E-state index contributed by atoms with van der Waals surface area (Å²) in [6.07, 6.45) is 1.09. The molecule has 0 aliphatic heterocycles. The Bertz CT molecular complexity index is 400. The Morgan fingerprint density at radius 2 is 1.25 bits per heavy atom. The molecule has 2 atom stereocenters. The molecule has 0 aliphatic carbocycles. The fourth-order valence-electron chi connectivity index (χ4n) is 1.36. The molecule has 0 saturated heterocycles. The van der Waals surface area contributed by atoms with Crippen LogP contribution in [0.4, 0.5) is 0 Å². The maximum atomic E-state index is 10.7. The van der Waals surface area contributed by atoms with E-state index in [2.05, 4.69) is 10.2 Å². The second kappa shape index (κ2) is 11.3. The highest BCUT2D eigenvalue weighted by molar-refractivity contribution is 6.63. The van der Waals surface area contributed by atoms with Gasteiger partial charge in [0.15, 0.2) is 0 Å². The second-order valence-electron chi connectivity index (χ2n) is 4.05. The standard InChI is InChI=1S/C12H14Cl2N4O2/c13-11(19)3-1-9(5-7-15)17-18-10(6-8-16)2-4-12(14)20/h9-10H,1-6H2. The van der Waals surface area contributed by atoms with Gasteiger partial charge in [0.2, 0.25) is 10.5 Å². The normalized spacial score (nSPS) is 13.4. The zero-order valence-corrected chi connectivity index (χ0v) is 12.3. The Morgan fingerprint density at radius 3 is 1.50 bits per heavy atom. The molecular formula is C12H14Cl2N4O2. The topological polar surface area (TPSA) is 106 Å². The van der Waals surface area contributed by atoms with Crippen molar-refractivity contribution >= 4 is 33.7 Å². The monoisotopic (exact) mass is 316 g/mol. The van der Waals surface area contributed by atoms with E-state index in [4.69, 9.17) is 33.7 Å². The van der Waals surface area contributed by atoms with Gasteiger partial charge in [0, 0.05) is 12.8 Å². The van der Waals surface area contributed by atoms with E-state index >= 15 is 0 Å². The van der Waals surface area contributed by atoms with Crippen LogP contribution < -0.4 is 0 Å². The van der Waals surface area contributed by atoms with Crippen molar-refractivity contribution in [2.45, 2.75) is 50.6 Å². The van der Waals surface area contributed by atoms with E-state index in [1.807, 2.05) is 12.1 Å². The van der Waals surface area contributed by atoms with Crippen LogP contribution in [0.2, 0.25) is 0 Å². The Balaban J connectivity index is 4.51. The number of rotatable bonds is 10. The van der Waals surface area contributed by atoms with E-state index in [1.54, 1.807) is 0 Å². The lowest BCUT2D eigenvalue weighted by molar-refractivity contribution is -0.112. The van der Waals surface area contributed by atoms with Crippen LogP contribution in [0.1, 0.15) is 38.5 Å². The molecule has 0 aromatic carbocycles. The summed E-state index contributed by atoms with van der Waals surface area (Å²) in [4.78, 5) is 21.4. The average Bonchev–Trinajstić information content (AvgIpc) is 2.38. The van der Waals surface area contributed by atoms with Gasteiger partial charge in [-0.2, -0.15) is 20.8 Å². The number of carbonyl (C=O) groups excluding carboxylic acids is 2. The van der Waals surface area contributed by atoms with Gasteiger partial charge < -0.3 is 0 Å². The van der Waals surface area contributed by atoms with Crippen molar-refractivity contribution in [2.75, 3.05) is 0 Å². The van der Waals surface area contributed by atoms with Crippen molar-refractivity contribution in [1.29, 1.82) is 10.5 Å². The highest BCUT2D eigenvalue weighted by Gasteiger charge is 2.12. The predicted octanol–water partition coefficient (Wildman–Crippen LogP) is 3.09. The molecule has 2 unspecified atom stereocenters. The maximum Gasteiger partial charge on any atom is 0.221 e. The summed E-state index contributed by atoms with van der Waals surface area (Å²) < 4.78 is 0. The van der Waals surface area contributed by atoms with E-state index in [0.717, 1.165) is 0 Å². The molecule has 0 aliphatic rings. The van der Waals surface area contributed by atoms with Crippen LogP contribution in [-0.4, -0.2) is 22.6 Å². The van der Waals surface area contributed by atoms with Crippen molar-refractivity contribution in [3.63, 3.8) is 0 Å². The third-order valence-electron chi connectivity index (χ3n) is 2.40. The molecule has 0 heterocycles. The summed E-state index contributed by atoms with van der Waals surface area (Å²) in [5, 5.41) is 24.3. The average molecular weight is 317 g/mol. The first-order valence-electron chi connectivity index (χ1n) is 6.00. The van der Waals surface area contributed by atoms with Gasteiger partial charge in [-0.05, 0) is 36.0 Å². The zero-order valence-electron chi connectivity index (χ0n) is 10.8. The minimum atomic E-state index is -0.496. The summed E-state index contributed by atoms with van der Waals surface area (Å²) in [6, 6.07) is 3.03. The van der Waals surface area contributed by atoms with Gasteiger partial charge in [0.1, 0.15) is 0 Å². The summed E-state index contributed by atoms with van der Waals surface area (Å²) in [7, 11) is 0. The number of halogens is 2. The van der Waals surface area contributed by atoms with Crippen molar-refractivity contribution in [2.24, 2.45) is 10.2 Å². The number of nitrogens with zero attached hydrogens (tertiary/aromatic N) is 4. The number of carbonyl (C=O) groups is 2. The molecule has 0 rings (SSSR count). The number of hydrogen-bond donors (Lipinski definition) is 0. The molecule has 0 aromatic heterocycles. The molecule has 0 spiro atoms. The van der Waals surface area contributed by atoms with Gasteiger partial charge in [-0.15, -0.1) is 0 Å². The fraction of sp³-hybridized carbons (Fsp3) is 0.667. The van der Waals surface area contributed by atoms with E-state index in [9.17, 15) is 9.59 Å². The summed E-state index contributed by atoms with van der Waals surface area (Å²) in [5.74, 6) is 0. The minimum Gasteiger partial charge on any atom is -0.281 e. The number of hydrogen-bond acceptors (Lipinski definition) is 6. The Kier molecular flexibility index (Phi) is 10.5. The Labute approximate surface area is 127 Å². The van der Waals surface area contributed by atoms with Crippen LogP contribution >= 0.6 is 23.2 Å². The van der Waals surface area contributed by atoms with Crippen LogP contribution in [0.25, 0.3) is 0 Å². The molecule has 20 heavy (non-hydrogen) atoms. The van der Waals surface area contributed by atoms with Crippen LogP contribution in [-0.2, 0) is 9.59 Å². The predicted molar refractivity (Wildman–Crippen MR) is 73.1 cm³/mol. The van der Waals surface area contributed by atoms with Crippen molar-refractivity contribution in [1.82, 2.24) is 0 Å². The molecule has 0 radical (unpaired) electrons. The molecule has 0 bridgehead atoms. The molecule has 8 heteroatoms. The van der Waals surface area contributed by atoms with Gasteiger partial charge in [0.05, 0.1) is 37.1 Å². The summed E-state index contributed by atoms with van der Waals surface area (Å²) in [6.45, 7) is 0. The smallest absolute Gasteiger partial charge is 0.221 e. The second-order valence-corrected chi connectivity index (χ2v) is 4.89. The number of azo groups is 1. The number of nitriles is 2. The van der Waals surface area contributed by atoms with Crippen molar-refractivity contribution in [3.8, 4) is 12.1 Å². The van der Waals surface area contributed by atoms with Gasteiger partial charge in [0.25, 0.3) is 0 Å². The lowest BCUT2D eigenvalue weighted by Gasteiger charge is -2.09. The first-order chi connectivity index (χ1) is 9.49.